The molecule has 5 nitrogen and oxygen atoms in total. The Bertz CT molecular complexity index is 3970. The van der Waals surface area contributed by atoms with Crippen LogP contribution in [-0.2, 0) is 0 Å². The zero-order valence-corrected chi connectivity index (χ0v) is 32.8. The first-order valence-corrected chi connectivity index (χ1v) is 20.5. The molecule has 0 atom stereocenters. The number of fused-ring (bicyclic) bond motifs is 13. The molecule has 13 aromatic rings. The molecule has 0 N–H and O–H groups in total. The third-order valence-electron chi connectivity index (χ3n) is 12.7. The number of allylic oxidation sites excluding steroid dienone is 2. The number of hydrogen-bond donors (Lipinski definition) is 0. The predicted molar refractivity (Wildman–Crippen MR) is 252 cm³/mol. The number of para-hydroxylation sites is 4. The summed E-state index contributed by atoms with van der Waals surface area (Å²) in [5.41, 5.74) is 13.2. The Morgan fingerprint density at radius 1 is 0.500 bits per heavy atom. The number of benzene rings is 8. The lowest BCUT2D eigenvalue weighted by Crippen LogP contribution is -2.03. The third-order valence-corrected chi connectivity index (χ3v) is 12.7. The lowest BCUT2D eigenvalue weighted by Gasteiger charge is -2.13. The lowest BCUT2D eigenvalue weighted by atomic mass is 9.99. The maximum atomic E-state index is 5.71. The monoisotopic (exact) mass is 765 g/mol. The topological polar surface area (TPSA) is 40.0 Å². The van der Waals surface area contributed by atoms with Crippen LogP contribution in [0.25, 0.3) is 121 Å². The van der Waals surface area contributed by atoms with Gasteiger partial charge in [0.15, 0.2) is 0 Å². The van der Waals surface area contributed by atoms with Crippen LogP contribution in [0, 0.1) is 6.92 Å². The molecular weight excluding hydrogens is 731 g/mol. The SMILES string of the molecule is C=C/C=C\c1c(C)n(-c2ccccc2)c2cccc(-c3nc(-n4c5cc6ccccc6cc5c5c6c7ccccc7n7c8ccccc8c(cc54)c67)nc4ccccc34)c12. The fourth-order valence-electron chi connectivity index (χ4n) is 10.2. The van der Waals surface area contributed by atoms with Gasteiger partial charge in [-0.1, -0.05) is 134 Å². The van der Waals surface area contributed by atoms with Gasteiger partial charge in [-0.3, -0.25) is 4.57 Å². The average Bonchev–Trinajstić information content (AvgIpc) is 4.00. The molecule has 0 spiro atoms. The highest BCUT2D eigenvalue weighted by Crippen LogP contribution is 2.47. The van der Waals surface area contributed by atoms with E-state index in [1.807, 2.05) is 12.2 Å². The smallest absolute Gasteiger partial charge is 0.235 e. The van der Waals surface area contributed by atoms with Crippen molar-refractivity contribution >= 4 is 98.6 Å². The van der Waals surface area contributed by atoms with Crippen LogP contribution in [0.5, 0.6) is 0 Å². The van der Waals surface area contributed by atoms with E-state index in [0.717, 1.165) is 61.0 Å². The lowest BCUT2D eigenvalue weighted by molar-refractivity contribution is 1.02. The van der Waals surface area contributed by atoms with Gasteiger partial charge in [0.05, 0.1) is 44.3 Å². The molecular formula is C55H35N5. The number of nitrogens with zero attached hydrogens (tertiary/aromatic N) is 5. The summed E-state index contributed by atoms with van der Waals surface area (Å²) >= 11 is 0. The summed E-state index contributed by atoms with van der Waals surface area (Å²) in [6.45, 7) is 6.22. The van der Waals surface area contributed by atoms with E-state index in [4.69, 9.17) is 9.97 Å². The van der Waals surface area contributed by atoms with Crippen LogP contribution >= 0.6 is 0 Å². The Kier molecular flexibility index (Phi) is 6.74. The number of rotatable bonds is 5. The van der Waals surface area contributed by atoms with Crippen molar-refractivity contribution in [2.45, 2.75) is 6.92 Å². The highest BCUT2D eigenvalue weighted by atomic mass is 15.2. The highest BCUT2D eigenvalue weighted by molar-refractivity contribution is 6.36. The standard InChI is InChI=1S/C55H35N5/c1-3-4-21-37-33(2)58(36-19-6-5-7-20-36)47-29-16-25-41(50(37)47)53-39-23-10-13-26-44(39)56-55(57-53)60-48-31-35-18-9-8-17-34(35)30-43(48)51-49(60)32-42-38-22-11-14-27-45(38)59-46-28-15-12-24-40(46)52(51)54(42)59/h3-32H,1H2,2H3/b21-4-. The Morgan fingerprint density at radius 3 is 2.00 bits per heavy atom. The van der Waals surface area contributed by atoms with Crippen LogP contribution in [0.1, 0.15) is 11.3 Å². The minimum Gasteiger partial charge on any atom is -0.313 e. The molecule has 5 heterocycles. The van der Waals surface area contributed by atoms with E-state index in [9.17, 15) is 0 Å². The maximum absolute atomic E-state index is 5.71. The first kappa shape index (κ1) is 33.0. The molecule has 5 heteroatoms. The fourth-order valence-corrected chi connectivity index (χ4v) is 10.2. The molecule has 0 saturated carbocycles. The van der Waals surface area contributed by atoms with E-state index in [1.165, 1.54) is 59.6 Å². The predicted octanol–water partition coefficient (Wildman–Crippen LogP) is 14.1. The van der Waals surface area contributed by atoms with Crippen molar-refractivity contribution < 1.29 is 0 Å². The summed E-state index contributed by atoms with van der Waals surface area (Å²) in [5.74, 6) is 0.639. The summed E-state index contributed by atoms with van der Waals surface area (Å²) in [4.78, 5) is 11.2. The Morgan fingerprint density at radius 2 is 1.18 bits per heavy atom. The van der Waals surface area contributed by atoms with Crippen LogP contribution in [-0.4, -0.2) is 23.5 Å². The van der Waals surface area contributed by atoms with E-state index in [1.54, 1.807) is 0 Å². The second kappa shape index (κ2) is 12.2. The van der Waals surface area contributed by atoms with Gasteiger partial charge >= 0.3 is 0 Å². The van der Waals surface area contributed by atoms with E-state index in [-0.39, 0.29) is 0 Å². The summed E-state index contributed by atoms with van der Waals surface area (Å²) < 4.78 is 7.15. The van der Waals surface area contributed by atoms with Gasteiger partial charge in [-0.2, -0.15) is 0 Å². The van der Waals surface area contributed by atoms with E-state index < -0.39 is 0 Å². The molecule has 0 unspecified atom stereocenters. The molecule has 8 aromatic carbocycles. The van der Waals surface area contributed by atoms with Crippen LogP contribution in [0.2, 0.25) is 0 Å². The molecule has 0 radical (unpaired) electrons. The van der Waals surface area contributed by atoms with Gasteiger partial charge in [0, 0.05) is 65.6 Å². The zero-order chi connectivity index (χ0) is 39.6. The molecule has 0 amide bonds. The van der Waals surface area contributed by atoms with Crippen LogP contribution in [0.4, 0.5) is 0 Å². The summed E-state index contributed by atoms with van der Waals surface area (Å²) in [5, 5.41) is 11.9. The van der Waals surface area contributed by atoms with Crippen molar-refractivity contribution in [2.75, 3.05) is 0 Å². The third kappa shape index (κ3) is 4.35. The van der Waals surface area contributed by atoms with Gasteiger partial charge in [-0.25, -0.2) is 9.97 Å². The molecule has 0 aliphatic heterocycles. The molecule has 60 heavy (non-hydrogen) atoms. The van der Waals surface area contributed by atoms with Crippen molar-refractivity contribution in [3.63, 3.8) is 0 Å². The van der Waals surface area contributed by atoms with Gasteiger partial charge in [-0.15, -0.1) is 0 Å². The van der Waals surface area contributed by atoms with Crippen molar-refractivity contribution in [3.05, 3.63) is 194 Å². The van der Waals surface area contributed by atoms with Crippen LogP contribution in [0.15, 0.2) is 183 Å². The summed E-state index contributed by atoms with van der Waals surface area (Å²) in [6.07, 6.45) is 6.05. The molecule has 13 rings (SSSR count). The molecule has 280 valence electrons. The van der Waals surface area contributed by atoms with Crippen molar-refractivity contribution in [2.24, 2.45) is 0 Å². The zero-order valence-electron chi connectivity index (χ0n) is 32.8. The quantitative estimate of drug-likeness (QED) is 0.164. The van der Waals surface area contributed by atoms with E-state index in [0.29, 0.717) is 5.95 Å². The van der Waals surface area contributed by atoms with Crippen LogP contribution < -0.4 is 0 Å². The van der Waals surface area contributed by atoms with Gasteiger partial charge < -0.3 is 8.97 Å². The normalized spacial score (nSPS) is 12.4. The molecule has 5 aromatic heterocycles. The van der Waals surface area contributed by atoms with Crippen molar-refractivity contribution in [1.29, 1.82) is 0 Å². The Hall–Kier alpha value is -8.02. The molecule has 0 saturated heterocycles. The molecule has 0 bridgehead atoms. The first-order valence-electron chi connectivity index (χ1n) is 20.5. The van der Waals surface area contributed by atoms with Crippen LogP contribution in [0.3, 0.4) is 0 Å². The largest absolute Gasteiger partial charge is 0.313 e. The summed E-state index contributed by atoms with van der Waals surface area (Å²) in [7, 11) is 0. The van der Waals surface area contributed by atoms with E-state index >= 15 is 0 Å². The van der Waals surface area contributed by atoms with Crippen molar-refractivity contribution in [1.82, 2.24) is 23.5 Å². The number of hydrogen-bond acceptors (Lipinski definition) is 2. The minimum absolute atomic E-state index is 0.639. The second-order valence-corrected chi connectivity index (χ2v) is 15.8. The average molecular weight is 766 g/mol. The molecule has 0 fully saturated rings. The van der Waals surface area contributed by atoms with Gasteiger partial charge in [-0.05, 0) is 72.3 Å². The molecule has 0 aliphatic rings. The number of aromatic nitrogens is 5. The van der Waals surface area contributed by atoms with Gasteiger partial charge in [0.1, 0.15) is 0 Å². The molecule has 0 aliphatic carbocycles. The van der Waals surface area contributed by atoms with E-state index in [2.05, 4.69) is 197 Å². The first-order chi connectivity index (χ1) is 29.7. The maximum Gasteiger partial charge on any atom is 0.235 e. The Labute approximate surface area is 344 Å². The second-order valence-electron chi connectivity index (χ2n) is 15.8. The fraction of sp³-hybridized carbons (Fsp3) is 0.0182. The van der Waals surface area contributed by atoms with Crippen molar-refractivity contribution in [3.8, 4) is 22.9 Å². The van der Waals surface area contributed by atoms with Gasteiger partial charge in [0.25, 0.3) is 0 Å². The minimum atomic E-state index is 0.639. The van der Waals surface area contributed by atoms with Gasteiger partial charge in [0.2, 0.25) is 5.95 Å². The Balaban J connectivity index is 1.21. The summed E-state index contributed by atoms with van der Waals surface area (Å²) in [6, 6.07) is 59.0. The highest BCUT2D eigenvalue weighted by Gasteiger charge is 2.26.